The Kier molecular flexibility index (Phi) is 5.60. The van der Waals surface area contributed by atoms with Crippen LogP contribution in [-0.2, 0) is 11.8 Å². The van der Waals surface area contributed by atoms with E-state index in [1.165, 1.54) is 11.8 Å². The van der Waals surface area contributed by atoms with Gasteiger partial charge in [0.1, 0.15) is 0 Å². The van der Waals surface area contributed by atoms with E-state index >= 15 is 0 Å². The third-order valence-corrected chi connectivity index (χ3v) is 5.81. The van der Waals surface area contributed by atoms with Crippen LogP contribution in [-0.4, -0.2) is 26.4 Å². The Morgan fingerprint density at radius 2 is 2.25 bits per heavy atom. The maximum absolute atomic E-state index is 12.1. The molecule has 0 saturated heterocycles. The molecule has 2 aromatic heterocycles. The van der Waals surface area contributed by atoms with E-state index in [1.54, 1.807) is 23.5 Å². The van der Waals surface area contributed by atoms with Crippen molar-refractivity contribution in [3.8, 4) is 10.7 Å². The number of anilines is 1. The fourth-order valence-electron chi connectivity index (χ4n) is 1.97. The smallest absolute Gasteiger partial charge is 0.234 e. The van der Waals surface area contributed by atoms with Crippen molar-refractivity contribution >= 4 is 62.2 Å². The minimum absolute atomic E-state index is 0.148. The van der Waals surface area contributed by atoms with Crippen LogP contribution in [0.25, 0.3) is 10.7 Å². The lowest BCUT2D eigenvalue weighted by molar-refractivity contribution is -0.113. The van der Waals surface area contributed by atoms with E-state index in [-0.39, 0.29) is 11.7 Å². The fourth-order valence-corrected chi connectivity index (χ4v) is 4.14. The molecule has 0 fully saturated rings. The predicted octanol–water partition coefficient (Wildman–Crippen LogP) is 4.69. The Labute approximate surface area is 160 Å². The predicted molar refractivity (Wildman–Crippen MR) is 103 cm³/mol. The highest BCUT2D eigenvalue weighted by atomic mass is 79.9. The highest BCUT2D eigenvalue weighted by molar-refractivity contribution is 9.10. The molecule has 0 radical (unpaired) electrons. The summed E-state index contributed by atoms with van der Waals surface area (Å²) in [4.78, 5) is 13.2. The van der Waals surface area contributed by atoms with Gasteiger partial charge in [-0.2, -0.15) is 0 Å². The van der Waals surface area contributed by atoms with Crippen molar-refractivity contribution < 1.29 is 4.79 Å². The average molecular weight is 444 g/mol. The number of amides is 1. The molecule has 3 rings (SSSR count). The maximum atomic E-state index is 12.1. The van der Waals surface area contributed by atoms with Crippen LogP contribution in [0.15, 0.2) is 45.3 Å². The third kappa shape index (κ3) is 4.00. The van der Waals surface area contributed by atoms with Gasteiger partial charge in [-0.1, -0.05) is 45.4 Å². The van der Waals surface area contributed by atoms with Crippen LogP contribution < -0.4 is 5.32 Å². The molecule has 24 heavy (non-hydrogen) atoms. The first-order chi connectivity index (χ1) is 11.5. The first-order valence-electron chi connectivity index (χ1n) is 6.85. The molecule has 0 aliphatic carbocycles. The standard InChI is InChI=1S/C15H12BrClN4OS2/c1-21-14(12-3-2-6-23-12)19-20-15(21)24-8-13(22)18-11-5-4-9(16)7-10(11)17/h2-7H,8H2,1H3,(H,18,22). The number of halogens is 2. The zero-order valence-corrected chi connectivity index (χ0v) is 16.5. The lowest BCUT2D eigenvalue weighted by Gasteiger charge is -2.07. The van der Waals surface area contributed by atoms with Crippen LogP contribution in [0.5, 0.6) is 0 Å². The fraction of sp³-hybridized carbons (Fsp3) is 0.133. The van der Waals surface area contributed by atoms with E-state index in [0.29, 0.717) is 15.9 Å². The van der Waals surface area contributed by atoms with Crippen LogP contribution in [0.4, 0.5) is 5.69 Å². The highest BCUT2D eigenvalue weighted by Gasteiger charge is 2.14. The van der Waals surface area contributed by atoms with Gasteiger partial charge in [0.05, 0.1) is 21.3 Å². The Balaban J connectivity index is 1.62. The average Bonchev–Trinajstić information content (AvgIpc) is 3.18. The Hall–Kier alpha value is -1.35. The van der Waals surface area contributed by atoms with Crippen molar-refractivity contribution in [3.63, 3.8) is 0 Å². The first-order valence-corrected chi connectivity index (χ1v) is 9.89. The topological polar surface area (TPSA) is 59.8 Å². The molecule has 1 amide bonds. The lowest BCUT2D eigenvalue weighted by Crippen LogP contribution is -2.14. The van der Waals surface area contributed by atoms with Crippen molar-refractivity contribution in [2.24, 2.45) is 7.05 Å². The quantitative estimate of drug-likeness (QED) is 0.581. The minimum atomic E-state index is -0.148. The molecule has 1 N–H and O–H groups in total. The molecule has 0 spiro atoms. The number of hydrogen-bond donors (Lipinski definition) is 1. The summed E-state index contributed by atoms with van der Waals surface area (Å²) >= 11 is 12.4. The zero-order chi connectivity index (χ0) is 17.1. The second kappa shape index (κ2) is 7.69. The summed E-state index contributed by atoms with van der Waals surface area (Å²) in [6.45, 7) is 0. The molecule has 0 saturated carbocycles. The molecule has 0 atom stereocenters. The molecule has 0 aliphatic heterocycles. The number of aromatic nitrogens is 3. The SMILES string of the molecule is Cn1c(SCC(=O)Nc2ccc(Br)cc2Cl)nnc1-c1cccs1. The molecular weight excluding hydrogens is 432 g/mol. The molecular formula is C15H12BrClN4OS2. The van der Waals surface area contributed by atoms with E-state index < -0.39 is 0 Å². The van der Waals surface area contributed by atoms with Gasteiger partial charge >= 0.3 is 0 Å². The second-order valence-corrected chi connectivity index (χ2v) is 8.02. The zero-order valence-electron chi connectivity index (χ0n) is 12.5. The van der Waals surface area contributed by atoms with E-state index in [1.807, 2.05) is 35.2 Å². The van der Waals surface area contributed by atoms with Gasteiger partial charge in [-0.05, 0) is 29.6 Å². The summed E-state index contributed by atoms with van der Waals surface area (Å²) < 4.78 is 2.75. The van der Waals surface area contributed by atoms with Crippen molar-refractivity contribution in [3.05, 3.63) is 45.2 Å². The van der Waals surface area contributed by atoms with Crippen LogP contribution in [0, 0.1) is 0 Å². The number of benzene rings is 1. The number of carbonyl (C=O) groups is 1. The van der Waals surface area contributed by atoms with Crippen LogP contribution in [0.3, 0.4) is 0 Å². The largest absolute Gasteiger partial charge is 0.324 e. The number of nitrogens with one attached hydrogen (secondary N) is 1. The maximum Gasteiger partial charge on any atom is 0.234 e. The van der Waals surface area contributed by atoms with Gasteiger partial charge in [0.25, 0.3) is 0 Å². The summed E-state index contributed by atoms with van der Waals surface area (Å²) in [5.41, 5.74) is 0.586. The van der Waals surface area contributed by atoms with Gasteiger partial charge in [-0.15, -0.1) is 21.5 Å². The van der Waals surface area contributed by atoms with Crippen LogP contribution in [0.1, 0.15) is 0 Å². The number of nitrogens with zero attached hydrogens (tertiary/aromatic N) is 3. The summed E-state index contributed by atoms with van der Waals surface area (Å²) in [6.07, 6.45) is 0. The molecule has 2 heterocycles. The third-order valence-electron chi connectivity index (χ3n) is 3.11. The van der Waals surface area contributed by atoms with E-state index in [4.69, 9.17) is 11.6 Å². The Morgan fingerprint density at radius 3 is 2.96 bits per heavy atom. The number of hydrogen-bond acceptors (Lipinski definition) is 5. The van der Waals surface area contributed by atoms with Gasteiger partial charge in [0.15, 0.2) is 11.0 Å². The van der Waals surface area contributed by atoms with Crippen molar-refractivity contribution in [1.82, 2.24) is 14.8 Å². The Morgan fingerprint density at radius 1 is 1.42 bits per heavy atom. The molecule has 9 heteroatoms. The number of carbonyl (C=O) groups excluding carboxylic acids is 1. The van der Waals surface area contributed by atoms with Crippen LogP contribution >= 0.6 is 50.6 Å². The molecule has 5 nitrogen and oxygen atoms in total. The Bertz CT molecular complexity index is 866. The second-order valence-electron chi connectivity index (χ2n) is 4.80. The van der Waals surface area contributed by atoms with Crippen molar-refractivity contribution in [1.29, 1.82) is 0 Å². The highest BCUT2D eigenvalue weighted by Crippen LogP contribution is 2.27. The summed E-state index contributed by atoms with van der Waals surface area (Å²) in [6, 6.07) is 9.28. The number of rotatable bonds is 5. The molecule has 3 aromatic rings. The molecule has 0 bridgehead atoms. The number of thioether (sulfide) groups is 1. The van der Waals surface area contributed by atoms with Gasteiger partial charge in [-0.25, -0.2) is 0 Å². The minimum Gasteiger partial charge on any atom is -0.324 e. The molecule has 0 aliphatic rings. The normalized spacial score (nSPS) is 10.8. The van der Waals surface area contributed by atoms with E-state index in [9.17, 15) is 4.79 Å². The monoisotopic (exact) mass is 442 g/mol. The van der Waals surface area contributed by atoms with Gasteiger partial charge in [0.2, 0.25) is 5.91 Å². The number of thiophene rings is 1. The van der Waals surface area contributed by atoms with E-state index in [0.717, 1.165) is 15.2 Å². The van der Waals surface area contributed by atoms with Gasteiger partial charge in [-0.3, -0.25) is 4.79 Å². The van der Waals surface area contributed by atoms with Crippen LogP contribution in [0.2, 0.25) is 5.02 Å². The summed E-state index contributed by atoms with van der Waals surface area (Å²) in [5, 5.41) is 14.3. The first kappa shape index (κ1) is 17.5. The van der Waals surface area contributed by atoms with Crippen molar-refractivity contribution in [2.75, 3.05) is 11.1 Å². The molecule has 0 unspecified atom stereocenters. The van der Waals surface area contributed by atoms with E-state index in [2.05, 4.69) is 31.4 Å². The molecule has 1 aromatic carbocycles. The van der Waals surface area contributed by atoms with Gasteiger partial charge < -0.3 is 9.88 Å². The summed E-state index contributed by atoms with van der Waals surface area (Å²) in [5.74, 6) is 0.872. The summed E-state index contributed by atoms with van der Waals surface area (Å²) in [7, 11) is 1.89. The van der Waals surface area contributed by atoms with Gasteiger partial charge in [0, 0.05) is 11.5 Å². The van der Waals surface area contributed by atoms with Crippen molar-refractivity contribution in [2.45, 2.75) is 5.16 Å². The lowest BCUT2D eigenvalue weighted by atomic mass is 10.3. The molecule has 124 valence electrons.